The molecule has 0 aliphatic rings. The lowest BCUT2D eigenvalue weighted by Crippen LogP contribution is -2.08. The Labute approximate surface area is 172 Å². The van der Waals surface area contributed by atoms with Crippen LogP contribution in [0, 0.1) is 5.82 Å². The van der Waals surface area contributed by atoms with E-state index in [0.717, 1.165) is 10.9 Å². The lowest BCUT2D eigenvalue weighted by atomic mass is 10.3. The van der Waals surface area contributed by atoms with Crippen LogP contribution in [-0.2, 0) is 13.2 Å². The number of hydrogen-bond acceptors (Lipinski definition) is 5. The number of ether oxygens (including phenoxy) is 2. The van der Waals surface area contributed by atoms with Crippen LogP contribution in [0.25, 0.3) is 0 Å². The Morgan fingerprint density at radius 3 is 2.79 bits per heavy atom. The minimum atomic E-state index is -0.412. The maximum atomic E-state index is 13.7. The number of nitrogens with zero attached hydrogens (tertiary/aromatic N) is 3. The van der Waals surface area contributed by atoms with Gasteiger partial charge in [-0.15, -0.1) is 16.8 Å². The van der Waals surface area contributed by atoms with Gasteiger partial charge in [-0.05, 0) is 30.3 Å². The highest BCUT2D eigenvalue weighted by Gasteiger charge is 2.13. The van der Waals surface area contributed by atoms with Gasteiger partial charge in [0.1, 0.15) is 12.4 Å². The molecule has 0 bridgehead atoms. The molecule has 5 nitrogen and oxygen atoms in total. The monoisotopic (exact) mass is 419 g/mol. The van der Waals surface area contributed by atoms with Gasteiger partial charge in [0, 0.05) is 17.3 Å². The Bertz CT molecular complexity index is 935. The average molecular weight is 420 g/mol. The van der Waals surface area contributed by atoms with Crippen molar-refractivity contribution in [1.82, 2.24) is 14.8 Å². The molecule has 1 heterocycles. The third-order valence-corrected chi connectivity index (χ3v) is 4.84. The van der Waals surface area contributed by atoms with Gasteiger partial charge < -0.3 is 9.47 Å². The van der Waals surface area contributed by atoms with Crippen LogP contribution in [-0.4, -0.2) is 27.1 Å². The third kappa shape index (κ3) is 5.50. The topological polar surface area (TPSA) is 49.2 Å². The zero-order valence-corrected chi connectivity index (χ0v) is 16.6. The van der Waals surface area contributed by atoms with E-state index in [-0.39, 0.29) is 12.4 Å². The summed E-state index contributed by atoms with van der Waals surface area (Å²) in [6.07, 6.45) is 1.75. The van der Waals surface area contributed by atoms with Crippen molar-refractivity contribution in [1.29, 1.82) is 0 Å². The first-order valence-corrected chi connectivity index (χ1v) is 9.95. The van der Waals surface area contributed by atoms with Gasteiger partial charge in [0.2, 0.25) is 0 Å². The number of hydrogen-bond donors (Lipinski definition) is 0. The van der Waals surface area contributed by atoms with Gasteiger partial charge in [-0.2, -0.15) is 0 Å². The van der Waals surface area contributed by atoms with Crippen LogP contribution >= 0.6 is 23.4 Å². The molecule has 0 fully saturated rings. The number of halogens is 2. The van der Waals surface area contributed by atoms with E-state index in [1.54, 1.807) is 36.4 Å². The molecule has 0 spiro atoms. The lowest BCUT2D eigenvalue weighted by molar-refractivity contribution is 0.275. The maximum absolute atomic E-state index is 13.7. The molecule has 0 unspecified atom stereocenters. The predicted octanol–water partition coefficient (Wildman–Crippen LogP) is 5.01. The van der Waals surface area contributed by atoms with E-state index >= 15 is 0 Å². The van der Waals surface area contributed by atoms with Gasteiger partial charge >= 0.3 is 0 Å². The van der Waals surface area contributed by atoms with E-state index in [4.69, 9.17) is 21.1 Å². The normalized spacial score (nSPS) is 10.6. The number of benzene rings is 2. The van der Waals surface area contributed by atoms with Gasteiger partial charge in [0.15, 0.2) is 22.5 Å². The van der Waals surface area contributed by atoms with Crippen molar-refractivity contribution in [3.05, 3.63) is 77.9 Å². The Morgan fingerprint density at radius 2 is 2.00 bits per heavy atom. The maximum Gasteiger partial charge on any atom is 0.191 e. The standard InChI is InChI=1S/C20H19ClFN3O2S/c1-2-10-25-19(14-27-18-9-4-3-8-17(18)22)23-24-20(25)28-12-11-26-16-7-5-6-15(21)13-16/h2-9,13H,1,10-12,14H2. The number of rotatable bonds is 10. The van der Waals surface area contributed by atoms with Crippen LogP contribution in [0.1, 0.15) is 5.82 Å². The van der Waals surface area contributed by atoms with Gasteiger partial charge in [0.25, 0.3) is 0 Å². The van der Waals surface area contributed by atoms with Crippen molar-refractivity contribution in [2.45, 2.75) is 18.3 Å². The summed E-state index contributed by atoms with van der Waals surface area (Å²) in [5, 5.41) is 9.73. The number of para-hydroxylation sites is 1. The second kappa shape index (κ2) is 10.1. The molecule has 0 saturated heterocycles. The summed E-state index contributed by atoms with van der Waals surface area (Å²) in [4.78, 5) is 0. The zero-order chi connectivity index (χ0) is 19.8. The Kier molecular flexibility index (Phi) is 7.33. The van der Waals surface area contributed by atoms with Crippen LogP contribution in [0.15, 0.2) is 66.3 Å². The van der Waals surface area contributed by atoms with Crippen LogP contribution in [0.2, 0.25) is 5.02 Å². The van der Waals surface area contributed by atoms with Crippen molar-refractivity contribution in [3.8, 4) is 11.5 Å². The largest absolute Gasteiger partial charge is 0.493 e. The highest BCUT2D eigenvalue weighted by Crippen LogP contribution is 2.21. The molecule has 3 aromatic rings. The Hall–Kier alpha value is -2.51. The summed E-state index contributed by atoms with van der Waals surface area (Å²) in [5.41, 5.74) is 0. The van der Waals surface area contributed by atoms with Gasteiger partial charge in [-0.3, -0.25) is 4.57 Å². The molecular weight excluding hydrogens is 401 g/mol. The number of thioether (sulfide) groups is 1. The van der Waals surface area contributed by atoms with Crippen molar-refractivity contribution < 1.29 is 13.9 Å². The van der Waals surface area contributed by atoms with E-state index in [1.807, 2.05) is 16.7 Å². The van der Waals surface area contributed by atoms with Crippen molar-refractivity contribution in [2.24, 2.45) is 0 Å². The fourth-order valence-electron chi connectivity index (χ4n) is 2.40. The van der Waals surface area contributed by atoms with E-state index in [1.165, 1.54) is 17.8 Å². The summed E-state index contributed by atoms with van der Waals surface area (Å²) >= 11 is 7.45. The summed E-state index contributed by atoms with van der Waals surface area (Å²) in [6, 6.07) is 13.5. The molecule has 0 aliphatic heterocycles. The summed E-state index contributed by atoms with van der Waals surface area (Å²) < 4.78 is 26.8. The minimum absolute atomic E-state index is 0.112. The smallest absolute Gasteiger partial charge is 0.191 e. The molecule has 2 aromatic carbocycles. The molecule has 3 rings (SSSR count). The highest BCUT2D eigenvalue weighted by atomic mass is 35.5. The van der Waals surface area contributed by atoms with Crippen LogP contribution in [0.3, 0.4) is 0 Å². The highest BCUT2D eigenvalue weighted by molar-refractivity contribution is 7.99. The SMILES string of the molecule is C=CCn1c(COc2ccccc2F)nnc1SCCOc1cccc(Cl)c1. The number of aromatic nitrogens is 3. The molecule has 0 atom stereocenters. The van der Waals surface area contributed by atoms with Crippen LogP contribution in [0.4, 0.5) is 4.39 Å². The molecule has 0 aliphatic carbocycles. The van der Waals surface area contributed by atoms with Crippen molar-refractivity contribution in [2.75, 3.05) is 12.4 Å². The third-order valence-electron chi connectivity index (χ3n) is 3.68. The fourth-order valence-corrected chi connectivity index (χ4v) is 3.36. The summed E-state index contributed by atoms with van der Waals surface area (Å²) in [5.74, 6) is 1.77. The van der Waals surface area contributed by atoms with Crippen molar-refractivity contribution >= 4 is 23.4 Å². The molecule has 146 valence electrons. The quantitative estimate of drug-likeness (QED) is 0.263. The predicted molar refractivity (Wildman–Crippen MR) is 109 cm³/mol. The Balaban J connectivity index is 1.57. The average Bonchev–Trinajstić information content (AvgIpc) is 3.07. The van der Waals surface area contributed by atoms with Gasteiger partial charge in [-0.25, -0.2) is 4.39 Å². The molecule has 0 amide bonds. The van der Waals surface area contributed by atoms with Crippen LogP contribution < -0.4 is 9.47 Å². The first-order chi connectivity index (χ1) is 13.7. The summed E-state index contributed by atoms with van der Waals surface area (Å²) in [7, 11) is 0. The molecule has 8 heteroatoms. The van der Waals surface area contributed by atoms with E-state index in [9.17, 15) is 4.39 Å². The second-order valence-electron chi connectivity index (χ2n) is 5.67. The number of allylic oxidation sites excluding steroid dienone is 1. The van der Waals surface area contributed by atoms with Crippen molar-refractivity contribution in [3.63, 3.8) is 0 Å². The van der Waals surface area contributed by atoms with E-state index < -0.39 is 5.82 Å². The zero-order valence-electron chi connectivity index (χ0n) is 15.1. The first-order valence-electron chi connectivity index (χ1n) is 8.59. The Morgan fingerprint density at radius 1 is 1.14 bits per heavy atom. The summed E-state index contributed by atoms with van der Waals surface area (Å²) in [6.45, 7) is 4.90. The molecule has 0 radical (unpaired) electrons. The fraction of sp³-hybridized carbons (Fsp3) is 0.200. The van der Waals surface area contributed by atoms with Gasteiger partial charge in [0.05, 0.1) is 6.61 Å². The molecular formula is C20H19ClFN3O2S. The van der Waals surface area contributed by atoms with Gasteiger partial charge in [-0.1, -0.05) is 47.6 Å². The molecule has 1 aromatic heterocycles. The second-order valence-corrected chi connectivity index (χ2v) is 7.17. The van der Waals surface area contributed by atoms with Crippen LogP contribution in [0.5, 0.6) is 11.5 Å². The first kappa shape index (κ1) is 20.2. The molecule has 0 N–H and O–H groups in total. The minimum Gasteiger partial charge on any atom is -0.493 e. The van der Waals surface area contributed by atoms with E-state index in [0.29, 0.717) is 29.8 Å². The van der Waals surface area contributed by atoms with E-state index in [2.05, 4.69) is 16.8 Å². The molecule has 0 saturated carbocycles. The molecule has 28 heavy (non-hydrogen) atoms. The lowest BCUT2D eigenvalue weighted by Gasteiger charge is -2.10.